The largest absolute Gasteiger partial charge is 0.384 e. The summed E-state index contributed by atoms with van der Waals surface area (Å²) in [4.78, 5) is 15.9. The lowest BCUT2D eigenvalue weighted by atomic mass is 10.1. The Morgan fingerprint density at radius 2 is 2.10 bits per heavy atom. The Bertz CT molecular complexity index is 684. The average molecular weight is 310 g/mol. The molecule has 0 radical (unpaired) electrons. The molecule has 0 spiro atoms. The molecule has 1 amide bonds. The number of hydrogen-bond acceptors (Lipinski definition) is 5. The van der Waals surface area contributed by atoms with Gasteiger partial charge in [-0.15, -0.1) is 0 Å². The number of pyridine rings is 1. The normalized spacial score (nSPS) is 11.4. The smallest absolute Gasteiger partial charge is 0.252 e. The molecule has 6 nitrogen and oxygen atoms in total. The molecule has 0 saturated carbocycles. The molecule has 0 saturated heterocycles. The molecule has 114 valence electrons. The molecule has 0 unspecified atom stereocenters. The van der Waals surface area contributed by atoms with Crippen molar-refractivity contribution in [3.63, 3.8) is 0 Å². The summed E-state index contributed by atoms with van der Waals surface area (Å²) in [6, 6.07) is 1.53. The minimum absolute atomic E-state index is 0.00277. The highest BCUT2D eigenvalue weighted by molar-refractivity contribution is 7.92. The summed E-state index contributed by atoms with van der Waals surface area (Å²) in [7, 11) is -3.28. The van der Waals surface area contributed by atoms with Crippen LogP contribution in [0.4, 0.5) is 0 Å². The van der Waals surface area contributed by atoms with Gasteiger partial charge in [0.2, 0.25) is 0 Å². The molecular weight excluding hydrogens is 292 g/mol. The predicted molar refractivity (Wildman–Crippen MR) is 79.5 cm³/mol. The Kier molecular flexibility index (Phi) is 5.47. The number of carbonyl (C=O) groups excluding carboxylic acids is 1. The molecule has 1 aromatic rings. The van der Waals surface area contributed by atoms with Crippen LogP contribution in [0.5, 0.6) is 0 Å². The van der Waals surface area contributed by atoms with E-state index in [-0.39, 0.29) is 18.7 Å². The van der Waals surface area contributed by atoms with Crippen LogP contribution >= 0.6 is 0 Å². The van der Waals surface area contributed by atoms with Gasteiger partial charge in [0.05, 0.1) is 10.3 Å². The molecule has 21 heavy (non-hydrogen) atoms. The Balaban J connectivity index is 2.82. The highest BCUT2D eigenvalue weighted by Gasteiger charge is 2.30. The minimum Gasteiger partial charge on any atom is -0.384 e. The maximum absolute atomic E-state index is 12.0. The van der Waals surface area contributed by atoms with Gasteiger partial charge in [-0.1, -0.05) is 11.8 Å². The van der Waals surface area contributed by atoms with Gasteiger partial charge in [-0.25, -0.2) is 8.42 Å². The molecule has 1 heterocycles. The van der Waals surface area contributed by atoms with E-state index in [1.54, 1.807) is 13.8 Å². The van der Waals surface area contributed by atoms with Crippen LogP contribution in [0, 0.1) is 11.8 Å². The van der Waals surface area contributed by atoms with Gasteiger partial charge in [-0.3, -0.25) is 9.78 Å². The number of amides is 1. The number of sulfone groups is 1. The number of hydrogen-bond donors (Lipinski definition) is 2. The summed E-state index contributed by atoms with van der Waals surface area (Å²) >= 11 is 0. The second-order valence-electron chi connectivity index (χ2n) is 5.14. The fourth-order valence-electron chi connectivity index (χ4n) is 1.30. The van der Waals surface area contributed by atoms with Crippen LogP contribution in [0.2, 0.25) is 0 Å². The molecular formula is C14H18N2O4S. The second-order valence-corrected chi connectivity index (χ2v) is 7.79. The lowest BCUT2D eigenvalue weighted by molar-refractivity contribution is 0.0950. The van der Waals surface area contributed by atoms with E-state index in [0.29, 0.717) is 5.56 Å². The molecule has 0 fully saturated rings. The van der Waals surface area contributed by atoms with E-state index in [2.05, 4.69) is 22.1 Å². The first-order chi connectivity index (χ1) is 9.67. The van der Waals surface area contributed by atoms with Crippen molar-refractivity contribution in [1.29, 1.82) is 0 Å². The van der Waals surface area contributed by atoms with Crippen molar-refractivity contribution in [3.8, 4) is 11.8 Å². The lowest BCUT2D eigenvalue weighted by Crippen LogP contribution is -2.43. The van der Waals surface area contributed by atoms with E-state index in [9.17, 15) is 13.2 Å². The highest BCUT2D eigenvalue weighted by Crippen LogP contribution is 2.13. The average Bonchev–Trinajstić information content (AvgIpc) is 2.41. The number of rotatable bonds is 4. The number of nitrogens with zero attached hydrogens (tertiary/aromatic N) is 1. The van der Waals surface area contributed by atoms with Gasteiger partial charge in [0.25, 0.3) is 5.91 Å². The van der Waals surface area contributed by atoms with Crippen LogP contribution in [-0.4, -0.2) is 48.6 Å². The quantitative estimate of drug-likeness (QED) is 0.762. The van der Waals surface area contributed by atoms with Gasteiger partial charge < -0.3 is 10.4 Å². The first-order valence-electron chi connectivity index (χ1n) is 6.20. The summed E-state index contributed by atoms with van der Waals surface area (Å²) < 4.78 is 22.1. The van der Waals surface area contributed by atoms with Gasteiger partial charge in [-0.2, -0.15) is 0 Å². The van der Waals surface area contributed by atoms with E-state index in [0.717, 1.165) is 6.26 Å². The Morgan fingerprint density at radius 1 is 1.43 bits per heavy atom. The molecule has 0 aliphatic heterocycles. The number of aromatic nitrogens is 1. The van der Waals surface area contributed by atoms with Gasteiger partial charge in [0.15, 0.2) is 9.84 Å². The predicted octanol–water partition coefficient (Wildman–Crippen LogP) is -0.0216. The first kappa shape index (κ1) is 17.1. The fourth-order valence-corrected chi connectivity index (χ4v) is 1.63. The third-order valence-corrected chi connectivity index (χ3v) is 5.14. The zero-order valence-corrected chi connectivity index (χ0v) is 13.0. The number of aliphatic hydroxyl groups is 1. The SMILES string of the molecule is CC(C)(CNC(=O)c1cncc(C#CCO)c1)S(C)(=O)=O. The molecule has 1 rings (SSSR count). The maximum atomic E-state index is 12.0. The number of carbonyl (C=O) groups is 1. The number of nitrogens with one attached hydrogen (secondary N) is 1. The van der Waals surface area contributed by atoms with Crippen LogP contribution in [0.1, 0.15) is 29.8 Å². The van der Waals surface area contributed by atoms with Crippen LogP contribution in [-0.2, 0) is 9.84 Å². The van der Waals surface area contributed by atoms with Crippen molar-refractivity contribution in [2.24, 2.45) is 0 Å². The van der Waals surface area contributed by atoms with Crippen LogP contribution in [0.15, 0.2) is 18.5 Å². The third kappa shape index (κ3) is 4.85. The van der Waals surface area contributed by atoms with Crippen LogP contribution in [0.3, 0.4) is 0 Å². The Labute approximate surface area is 124 Å². The summed E-state index contributed by atoms with van der Waals surface area (Å²) in [5, 5.41) is 11.2. The molecule has 0 aliphatic rings. The number of aliphatic hydroxyl groups excluding tert-OH is 1. The molecule has 1 aromatic heterocycles. The van der Waals surface area contributed by atoms with Gasteiger partial charge in [-0.05, 0) is 19.9 Å². The van der Waals surface area contributed by atoms with Gasteiger partial charge in [0.1, 0.15) is 6.61 Å². The Hall–Kier alpha value is -1.91. The van der Waals surface area contributed by atoms with E-state index < -0.39 is 20.5 Å². The van der Waals surface area contributed by atoms with Gasteiger partial charge >= 0.3 is 0 Å². The molecule has 0 atom stereocenters. The van der Waals surface area contributed by atoms with Crippen molar-refractivity contribution in [3.05, 3.63) is 29.6 Å². The van der Waals surface area contributed by atoms with Gasteiger partial charge in [0, 0.05) is 30.8 Å². The zero-order chi connectivity index (χ0) is 16.1. The summed E-state index contributed by atoms with van der Waals surface area (Å²) in [6.07, 6.45) is 3.97. The topological polar surface area (TPSA) is 96.4 Å². The highest BCUT2D eigenvalue weighted by atomic mass is 32.2. The van der Waals surface area contributed by atoms with E-state index in [4.69, 9.17) is 5.11 Å². The van der Waals surface area contributed by atoms with E-state index in [1.165, 1.54) is 18.5 Å². The summed E-state index contributed by atoms with van der Waals surface area (Å²) in [5.41, 5.74) is 0.781. The minimum atomic E-state index is -3.28. The third-order valence-electron chi connectivity index (χ3n) is 2.99. The molecule has 0 aliphatic carbocycles. The van der Waals surface area contributed by atoms with Crippen LogP contribution < -0.4 is 5.32 Å². The van der Waals surface area contributed by atoms with Crippen molar-refractivity contribution in [1.82, 2.24) is 10.3 Å². The molecule has 7 heteroatoms. The standard InChI is InChI=1S/C14H18N2O4S/c1-14(2,21(3,19)20)10-16-13(18)12-7-11(5-4-6-17)8-15-9-12/h7-9,17H,6,10H2,1-3H3,(H,16,18). The maximum Gasteiger partial charge on any atom is 0.252 e. The van der Waals surface area contributed by atoms with Crippen LogP contribution in [0.25, 0.3) is 0 Å². The van der Waals surface area contributed by atoms with Crippen molar-refractivity contribution in [2.45, 2.75) is 18.6 Å². The fraction of sp³-hybridized carbons (Fsp3) is 0.429. The second kappa shape index (κ2) is 6.70. The molecule has 0 bridgehead atoms. The van der Waals surface area contributed by atoms with E-state index >= 15 is 0 Å². The van der Waals surface area contributed by atoms with E-state index in [1.807, 2.05) is 0 Å². The summed E-state index contributed by atoms with van der Waals surface area (Å²) in [5.74, 6) is 4.68. The van der Waals surface area contributed by atoms with Crippen molar-refractivity contribution in [2.75, 3.05) is 19.4 Å². The summed E-state index contributed by atoms with van der Waals surface area (Å²) in [6.45, 7) is 2.81. The zero-order valence-electron chi connectivity index (χ0n) is 12.2. The monoisotopic (exact) mass is 310 g/mol. The van der Waals surface area contributed by atoms with Crippen molar-refractivity contribution >= 4 is 15.7 Å². The molecule has 0 aromatic carbocycles. The van der Waals surface area contributed by atoms with Crippen molar-refractivity contribution < 1.29 is 18.3 Å². The lowest BCUT2D eigenvalue weighted by Gasteiger charge is -2.22. The first-order valence-corrected chi connectivity index (χ1v) is 8.09. The molecule has 2 N–H and O–H groups in total. The Morgan fingerprint density at radius 3 is 2.67 bits per heavy atom.